The molecule has 0 spiro atoms. The van der Waals surface area contributed by atoms with E-state index in [1.807, 2.05) is 18.2 Å². The quantitative estimate of drug-likeness (QED) is 0.534. The maximum Gasteiger partial charge on any atom is 0.312 e. The molecule has 1 amide bonds. The van der Waals surface area contributed by atoms with Gasteiger partial charge in [0.05, 0.1) is 24.8 Å². The first-order chi connectivity index (χ1) is 14.9. The van der Waals surface area contributed by atoms with Crippen LogP contribution in [0.25, 0.3) is 5.52 Å². The van der Waals surface area contributed by atoms with Crippen LogP contribution in [0, 0.1) is 0 Å². The number of aromatic nitrogens is 6. The Hall–Kier alpha value is -3.76. The van der Waals surface area contributed by atoms with Crippen LogP contribution in [0.1, 0.15) is 53.5 Å². The van der Waals surface area contributed by atoms with Crippen LogP contribution in [0.4, 0.5) is 4.39 Å². The molecule has 0 bridgehead atoms. The number of ether oxygens (including phenoxy) is 1. The molecule has 0 unspecified atom stereocenters. The second-order valence-electron chi connectivity index (χ2n) is 7.78. The van der Waals surface area contributed by atoms with Crippen LogP contribution < -0.4 is 4.74 Å². The average Bonchev–Trinajstić information content (AvgIpc) is 3.50. The fourth-order valence-electron chi connectivity index (χ4n) is 3.78. The lowest BCUT2D eigenvalue weighted by atomic mass is 9.99. The fraction of sp³-hybridized carbons (Fsp3) is 0.350. The zero-order valence-electron chi connectivity index (χ0n) is 17.2. The summed E-state index contributed by atoms with van der Waals surface area (Å²) in [4.78, 5) is 22.4. The normalized spacial score (nSPS) is 16.5. The minimum atomic E-state index is -1.85. The molecule has 5 heterocycles. The number of alkyl halides is 1. The number of pyridine rings is 1. The van der Waals surface area contributed by atoms with Gasteiger partial charge < -0.3 is 19.0 Å². The lowest BCUT2D eigenvalue weighted by Crippen LogP contribution is -2.41. The molecule has 0 fully saturated rings. The molecule has 4 aromatic heterocycles. The number of rotatable bonds is 4. The van der Waals surface area contributed by atoms with Crippen molar-refractivity contribution in [3.05, 3.63) is 59.6 Å². The Bertz CT molecular complexity index is 1270. The van der Waals surface area contributed by atoms with Crippen LogP contribution in [-0.2, 0) is 12.1 Å². The third-order valence-corrected chi connectivity index (χ3v) is 5.28. The molecule has 5 rings (SSSR count). The van der Waals surface area contributed by atoms with E-state index in [1.54, 1.807) is 29.0 Å². The van der Waals surface area contributed by atoms with Gasteiger partial charge in [-0.05, 0) is 32.0 Å². The monoisotopic (exact) mass is 425 g/mol. The molecular formula is C20H20FN7O3. The summed E-state index contributed by atoms with van der Waals surface area (Å²) in [6.07, 6.45) is 3.97. The number of aromatic amines is 1. The molecule has 0 saturated carbocycles. The zero-order valence-corrected chi connectivity index (χ0v) is 17.2. The van der Waals surface area contributed by atoms with Gasteiger partial charge >= 0.3 is 11.8 Å². The number of H-pyrrole nitrogens is 1. The van der Waals surface area contributed by atoms with Crippen LogP contribution in [0.15, 0.2) is 35.1 Å². The van der Waals surface area contributed by atoms with Crippen molar-refractivity contribution in [1.29, 1.82) is 0 Å². The second-order valence-corrected chi connectivity index (χ2v) is 7.78. The molecule has 1 aliphatic rings. The Balaban J connectivity index is 1.59. The highest BCUT2D eigenvalue weighted by Gasteiger charge is 2.39. The van der Waals surface area contributed by atoms with E-state index in [9.17, 15) is 9.18 Å². The van der Waals surface area contributed by atoms with E-state index in [4.69, 9.17) is 9.15 Å². The van der Waals surface area contributed by atoms with E-state index in [0.717, 1.165) is 11.2 Å². The minimum Gasteiger partial charge on any atom is -0.494 e. The maximum atomic E-state index is 14.2. The number of fused-ring (bicyclic) bond motifs is 2. The van der Waals surface area contributed by atoms with Crippen molar-refractivity contribution in [1.82, 2.24) is 34.7 Å². The third-order valence-electron chi connectivity index (χ3n) is 5.28. The van der Waals surface area contributed by atoms with E-state index in [-0.39, 0.29) is 11.8 Å². The van der Waals surface area contributed by atoms with Crippen LogP contribution in [0.3, 0.4) is 0 Å². The summed E-state index contributed by atoms with van der Waals surface area (Å²) in [5, 5.41) is 12.1. The Morgan fingerprint density at radius 2 is 2.23 bits per heavy atom. The Morgan fingerprint density at radius 3 is 2.97 bits per heavy atom. The van der Waals surface area contributed by atoms with E-state index in [0.29, 0.717) is 30.1 Å². The van der Waals surface area contributed by atoms with Gasteiger partial charge in [0, 0.05) is 24.9 Å². The van der Waals surface area contributed by atoms with Crippen molar-refractivity contribution in [3.63, 3.8) is 0 Å². The van der Waals surface area contributed by atoms with Crippen molar-refractivity contribution in [2.75, 3.05) is 13.7 Å². The summed E-state index contributed by atoms with van der Waals surface area (Å²) in [5.41, 5.74) is 1.13. The lowest BCUT2D eigenvalue weighted by Gasteiger charge is -2.32. The molecule has 0 aromatic carbocycles. The van der Waals surface area contributed by atoms with Gasteiger partial charge in [-0.2, -0.15) is 5.10 Å². The number of methoxy groups -OCH3 is 1. The number of halogens is 1. The van der Waals surface area contributed by atoms with Crippen molar-refractivity contribution in [2.45, 2.75) is 32.0 Å². The number of imidazole rings is 1. The van der Waals surface area contributed by atoms with Gasteiger partial charge in [0.25, 0.3) is 5.89 Å². The number of nitrogens with one attached hydrogen (secondary N) is 1. The van der Waals surface area contributed by atoms with Crippen molar-refractivity contribution in [2.24, 2.45) is 0 Å². The molecule has 1 aliphatic heterocycles. The van der Waals surface area contributed by atoms with Crippen LogP contribution in [0.5, 0.6) is 5.75 Å². The topological polar surface area (TPSA) is 114 Å². The van der Waals surface area contributed by atoms with Crippen LogP contribution >= 0.6 is 0 Å². The first-order valence-corrected chi connectivity index (χ1v) is 9.75. The Morgan fingerprint density at radius 1 is 1.39 bits per heavy atom. The van der Waals surface area contributed by atoms with Gasteiger partial charge in [0.2, 0.25) is 0 Å². The number of amides is 1. The highest BCUT2D eigenvalue weighted by Crippen LogP contribution is 2.35. The van der Waals surface area contributed by atoms with Crippen LogP contribution in [-0.4, -0.2) is 54.2 Å². The van der Waals surface area contributed by atoms with Crippen molar-refractivity contribution in [3.8, 4) is 5.75 Å². The number of hydrogen-bond acceptors (Lipinski definition) is 7. The third kappa shape index (κ3) is 3.13. The molecule has 160 valence electrons. The molecule has 4 aromatic rings. The highest BCUT2D eigenvalue weighted by atomic mass is 19.1. The summed E-state index contributed by atoms with van der Waals surface area (Å²) in [6.45, 7) is 2.96. The summed E-state index contributed by atoms with van der Waals surface area (Å²) in [7, 11) is 1.59. The molecule has 31 heavy (non-hydrogen) atoms. The Kier molecular flexibility index (Phi) is 4.27. The predicted octanol–water partition coefficient (Wildman–Crippen LogP) is 2.44. The molecule has 0 radical (unpaired) electrons. The van der Waals surface area contributed by atoms with Gasteiger partial charge in [-0.1, -0.05) is 0 Å². The van der Waals surface area contributed by atoms with E-state index in [2.05, 4.69) is 25.3 Å². The number of carbonyl (C=O) groups is 1. The minimum absolute atomic E-state index is 0.248. The first-order valence-electron chi connectivity index (χ1n) is 9.75. The van der Waals surface area contributed by atoms with Crippen molar-refractivity contribution >= 4 is 11.4 Å². The second kappa shape index (κ2) is 6.89. The molecule has 11 heteroatoms. The van der Waals surface area contributed by atoms with E-state index in [1.165, 1.54) is 13.8 Å². The lowest BCUT2D eigenvalue weighted by molar-refractivity contribution is 0.0636. The molecule has 0 saturated heterocycles. The van der Waals surface area contributed by atoms with Gasteiger partial charge in [-0.3, -0.25) is 4.79 Å². The highest BCUT2D eigenvalue weighted by molar-refractivity contribution is 5.90. The SMILES string of the molecule is COc1cccn2nc([C@@H]3c4nc[nH]c4CCN3C(=O)c3nnc(C(C)(C)F)o3)cc12. The largest absolute Gasteiger partial charge is 0.494 e. The standard InChI is InChI=1S/C20H20FN7O3/c1-20(2,21)19-25-24-17(31-19)18(29)27-8-6-11-15(23-10-22-11)16(27)12-9-13-14(30-3)5-4-7-28(13)26-12/h4-5,7,9-10,16H,6,8H2,1-3H3,(H,22,23)/t16-/m1/s1. The van der Waals surface area contributed by atoms with Crippen molar-refractivity contribution < 1.29 is 18.3 Å². The van der Waals surface area contributed by atoms with Gasteiger partial charge in [-0.25, -0.2) is 13.9 Å². The number of carbonyl (C=O) groups excluding carboxylic acids is 1. The fourth-order valence-corrected chi connectivity index (χ4v) is 3.78. The van der Waals surface area contributed by atoms with E-state index < -0.39 is 17.6 Å². The maximum absolute atomic E-state index is 14.2. The summed E-state index contributed by atoms with van der Waals surface area (Å²) < 4.78 is 26.6. The van der Waals surface area contributed by atoms with Gasteiger partial charge in [0.1, 0.15) is 17.3 Å². The molecule has 10 nitrogen and oxygen atoms in total. The molecule has 1 atom stereocenters. The molecule has 0 aliphatic carbocycles. The first kappa shape index (κ1) is 19.2. The van der Waals surface area contributed by atoms with E-state index >= 15 is 0 Å². The Labute approximate surface area is 176 Å². The summed E-state index contributed by atoms with van der Waals surface area (Å²) >= 11 is 0. The number of nitrogens with zero attached hydrogens (tertiary/aromatic N) is 6. The molecule has 1 N–H and O–H groups in total. The number of hydrogen-bond donors (Lipinski definition) is 1. The predicted molar refractivity (Wildman–Crippen MR) is 105 cm³/mol. The average molecular weight is 425 g/mol. The zero-order chi connectivity index (χ0) is 21.8. The molecular weight excluding hydrogens is 405 g/mol. The van der Waals surface area contributed by atoms with Gasteiger partial charge in [0.15, 0.2) is 5.67 Å². The van der Waals surface area contributed by atoms with Gasteiger partial charge in [-0.15, -0.1) is 10.2 Å². The van der Waals surface area contributed by atoms with Crippen LogP contribution in [0.2, 0.25) is 0 Å². The summed E-state index contributed by atoms with van der Waals surface area (Å²) in [5.74, 6) is -0.372. The smallest absolute Gasteiger partial charge is 0.312 e. The summed E-state index contributed by atoms with van der Waals surface area (Å²) in [6, 6.07) is 4.94.